The van der Waals surface area contributed by atoms with Gasteiger partial charge in [0.25, 0.3) is 0 Å². The Kier molecular flexibility index (Phi) is 4.08. The molecular weight excluding hydrogens is 256 g/mol. The first-order chi connectivity index (χ1) is 10.4. The fraction of sp³-hybridized carbons (Fsp3) is 0. The van der Waals surface area contributed by atoms with Gasteiger partial charge in [-0.3, -0.25) is 4.99 Å². The molecule has 2 heterocycles. The summed E-state index contributed by atoms with van der Waals surface area (Å²) in [4.78, 5) is 7.40. The lowest BCUT2D eigenvalue weighted by Crippen LogP contribution is -2.23. The maximum absolute atomic E-state index is 4.28. The number of aromatic amines is 1. The average molecular weight is 272 g/mol. The highest BCUT2D eigenvalue weighted by Crippen LogP contribution is 2.09. The molecule has 0 fully saturated rings. The number of hydrogen-bond acceptors (Lipinski definition) is 1. The minimum atomic E-state index is 1.03. The van der Waals surface area contributed by atoms with Crippen molar-refractivity contribution in [3.63, 3.8) is 0 Å². The summed E-state index contributed by atoms with van der Waals surface area (Å²) in [6, 6.07) is 18.4. The van der Waals surface area contributed by atoms with Crippen LogP contribution in [-0.2, 0) is 0 Å². The van der Waals surface area contributed by atoms with Crippen molar-refractivity contribution in [3.05, 3.63) is 95.8 Å². The van der Waals surface area contributed by atoms with Gasteiger partial charge in [-0.05, 0) is 29.7 Å². The van der Waals surface area contributed by atoms with E-state index < -0.39 is 0 Å². The van der Waals surface area contributed by atoms with Gasteiger partial charge >= 0.3 is 0 Å². The second-order valence-electron chi connectivity index (χ2n) is 4.65. The van der Waals surface area contributed by atoms with Crippen LogP contribution in [0.15, 0.2) is 90.2 Å². The number of aromatic nitrogens is 1. The molecular formula is C19H16N2. The zero-order chi connectivity index (χ0) is 14.3. The van der Waals surface area contributed by atoms with Crippen LogP contribution in [0.2, 0.25) is 0 Å². The van der Waals surface area contributed by atoms with E-state index >= 15 is 0 Å². The maximum atomic E-state index is 4.28. The quantitative estimate of drug-likeness (QED) is 0.650. The third-order valence-corrected chi connectivity index (χ3v) is 3.20. The molecule has 0 aliphatic carbocycles. The predicted molar refractivity (Wildman–Crippen MR) is 88.3 cm³/mol. The van der Waals surface area contributed by atoms with Crippen LogP contribution in [0.25, 0.3) is 17.0 Å². The van der Waals surface area contributed by atoms with E-state index in [1.54, 1.807) is 0 Å². The second-order valence-corrected chi connectivity index (χ2v) is 4.65. The molecule has 0 atom stereocenters. The molecule has 21 heavy (non-hydrogen) atoms. The van der Waals surface area contributed by atoms with Gasteiger partial charge in [-0.1, -0.05) is 54.6 Å². The molecule has 4 rings (SSSR count). The Balaban J connectivity index is 0.000000131. The van der Waals surface area contributed by atoms with Crippen molar-refractivity contribution in [1.82, 2.24) is 4.98 Å². The van der Waals surface area contributed by atoms with E-state index in [9.17, 15) is 0 Å². The summed E-state index contributed by atoms with van der Waals surface area (Å²) in [5.74, 6) is 0. The van der Waals surface area contributed by atoms with Crippen LogP contribution in [0, 0.1) is 0 Å². The van der Waals surface area contributed by atoms with Crippen molar-refractivity contribution in [1.29, 1.82) is 0 Å². The number of H-pyrrole nitrogens is 1. The molecule has 0 bridgehead atoms. The van der Waals surface area contributed by atoms with E-state index in [1.165, 1.54) is 10.9 Å². The Labute approximate surface area is 123 Å². The molecule has 1 N–H and O–H groups in total. The molecule has 102 valence electrons. The van der Waals surface area contributed by atoms with Gasteiger partial charge in [0, 0.05) is 23.1 Å². The predicted octanol–water partition coefficient (Wildman–Crippen LogP) is 3.34. The fourth-order valence-corrected chi connectivity index (χ4v) is 2.14. The summed E-state index contributed by atoms with van der Waals surface area (Å²) in [7, 11) is 0. The first-order valence-electron chi connectivity index (χ1n) is 6.92. The zero-order valence-electron chi connectivity index (χ0n) is 11.6. The summed E-state index contributed by atoms with van der Waals surface area (Å²) in [6.45, 7) is 0. The third-order valence-electron chi connectivity index (χ3n) is 3.20. The van der Waals surface area contributed by atoms with Crippen molar-refractivity contribution >= 4 is 17.0 Å². The number of para-hydroxylation sites is 2. The zero-order valence-corrected chi connectivity index (χ0v) is 11.6. The van der Waals surface area contributed by atoms with Gasteiger partial charge in [-0.25, -0.2) is 0 Å². The first kappa shape index (κ1) is 13.1. The van der Waals surface area contributed by atoms with E-state index in [4.69, 9.17) is 0 Å². The summed E-state index contributed by atoms with van der Waals surface area (Å²) in [6.07, 6.45) is 11.7. The van der Waals surface area contributed by atoms with Crippen LogP contribution < -0.4 is 10.6 Å². The van der Waals surface area contributed by atoms with Gasteiger partial charge in [0.15, 0.2) is 0 Å². The Hall–Kier alpha value is -2.87. The molecule has 0 unspecified atom stereocenters. The number of hydrogen-bond donors (Lipinski definition) is 1. The van der Waals surface area contributed by atoms with Crippen LogP contribution in [-0.4, -0.2) is 4.98 Å². The van der Waals surface area contributed by atoms with Crippen LogP contribution in [0.1, 0.15) is 0 Å². The lowest BCUT2D eigenvalue weighted by Gasteiger charge is -1.88. The number of rotatable bonds is 0. The average Bonchev–Trinajstić information content (AvgIpc) is 2.97. The second kappa shape index (κ2) is 6.53. The molecule has 1 aliphatic rings. The van der Waals surface area contributed by atoms with E-state index in [0.29, 0.717) is 0 Å². The molecule has 0 saturated carbocycles. The summed E-state index contributed by atoms with van der Waals surface area (Å²) in [5.41, 5.74) is 1.21. The van der Waals surface area contributed by atoms with Crippen molar-refractivity contribution in [3.8, 4) is 0 Å². The van der Waals surface area contributed by atoms with Gasteiger partial charge in [0.05, 0.1) is 5.36 Å². The summed E-state index contributed by atoms with van der Waals surface area (Å²) < 4.78 is 0. The van der Waals surface area contributed by atoms with Crippen LogP contribution in [0.5, 0.6) is 0 Å². The minimum Gasteiger partial charge on any atom is -0.361 e. The van der Waals surface area contributed by atoms with Gasteiger partial charge < -0.3 is 4.98 Å². The van der Waals surface area contributed by atoms with Gasteiger partial charge in [0.2, 0.25) is 0 Å². The smallest absolute Gasteiger partial charge is 0.0701 e. The lowest BCUT2D eigenvalue weighted by atomic mass is 10.2. The van der Waals surface area contributed by atoms with Crippen LogP contribution >= 0.6 is 0 Å². The van der Waals surface area contributed by atoms with E-state index in [2.05, 4.69) is 40.3 Å². The standard InChI is InChI=1S/C11H9N.C8H7N/c1-2-6-10-7-3-4-8-11(10)12-9-5-1;1-2-4-8-7(3-1)5-6-9-8/h1-9H;1-6,9H/b2-1-,5-1?,6-2?,9-5-,10-6-,12-9?,12-11-;. The number of fused-ring (bicyclic) bond motifs is 2. The molecule has 2 aromatic carbocycles. The molecule has 2 nitrogen and oxygen atoms in total. The number of nitrogens with one attached hydrogen (secondary N) is 1. The van der Waals surface area contributed by atoms with Crippen molar-refractivity contribution in [2.75, 3.05) is 0 Å². The fourth-order valence-electron chi connectivity index (χ4n) is 2.14. The first-order valence-corrected chi connectivity index (χ1v) is 6.92. The molecule has 1 aromatic heterocycles. The Morgan fingerprint density at radius 2 is 1.62 bits per heavy atom. The van der Waals surface area contributed by atoms with E-state index in [1.807, 2.05) is 61.0 Å². The van der Waals surface area contributed by atoms with E-state index in [0.717, 1.165) is 10.6 Å². The highest BCUT2D eigenvalue weighted by Gasteiger charge is 1.86. The normalized spacial score (nSPS) is 18.5. The summed E-state index contributed by atoms with van der Waals surface area (Å²) in [5, 5.41) is 3.47. The highest BCUT2D eigenvalue weighted by atomic mass is 14.7. The van der Waals surface area contributed by atoms with Gasteiger partial charge in [-0.15, -0.1) is 0 Å². The molecule has 0 amide bonds. The summed E-state index contributed by atoms with van der Waals surface area (Å²) >= 11 is 0. The van der Waals surface area contributed by atoms with E-state index in [-0.39, 0.29) is 0 Å². The Bertz CT molecular complexity index is 825. The van der Waals surface area contributed by atoms with Crippen molar-refractivity contribution in [2.45, 2.75) is 0 Å². The molecule has 3 aromatic rings. The molecule has 1 aliphatic heterocycles. The minimum absolute atomic E-state index is 1.03. The highest BCUT2D eigenvalue weighted by molar-refractivity contribution is 5.78. The Morgan fingerprint density at radius 1 is 0.762 bits per heavy atom. The van der Waals surface area contributed by atoms with Crippen molar-refractivity contribution < 1.29 is 0 Å². The van der Waals surface area contributed by atoms with Crippen LogP contribution in [0.3, 0.4) is 0 Å². The largest absolute Gasteiger partial charge is 0.361 e. The number of benzene rings is 2. The van der Waals surface area contributed by atoms with Crippen molar-refractivity contribution in [2.24, 2.45) is 4.99 Å². The lowest BCUT2D eigenvalue weighted by molar-refractivity contribution is 1.30. The Morgan fingerprint density at radius 3 is 2.57 bits per heavy atom. The molecule has 0 spiro atoms. The molecule has 0 saturated heterocycles. The molecule has 0 radical (unpaired) electrons. The maximum Gasteiger partial charge on any atom is 0.0701 e. The molecule has 2 heteroatoms. The topological polar surface area (TPSA) is 28.1 Å². The number of allylic oxidation sites excluding steroid dienone is 3. The SMILES string of the molecule is C1=C\C=c2\cccc\c2=N\C=C/1.c1ccc2[nH]ccc2c1. The van der Waals surface area contributed by atoms with Crippen LogP contribution in [0.4, 0.5) is 0 Å². The van der Waals surface area contributed by atoms with Gasteiger partial charge in [0.1, 0.15) is 0 Å². The number of nitrogens with zero attached hydrogens (tertiary/aromatic N) is 1. The monoisotopic (exact) mass is 272 g/mol. The third kappa shape index (κ3) is 3.37. The van der Waals surface area contributed by atoms with Gasteiger partial charge in [-0.2, -0.15) is 0 Å².